The fourth-order valence-corrected chi connectivity index (χ4v) is 1.69. The molecule has 0 saturated heterocycles. The Morgan fingerprint density at radius 2 is 1.17 bits per heavy atom. The summed E-state index contributed by atoms with van der Waals surface area (Å²) in [7, 11) is 0. The van der Waals surface area contributed by atoms with Gasteiger partial charge in [-0.05, 0) is 0 Å². The standard InChI is InChI=1S/C10H6N8/c1-5-3-13-17-7(5)15-9(11-1)10-12-2-6-4-14-18-8(6)16-10/h1-4H,(H,11,13,15,17)(H,12,14,16,18). The third-order valence-electron chi connectivity index (χ3n) is 2.58. The van der Waals surface area contributed by atoms with Crippen LogP contribution in [0.25, 0.3) is 33.7 Å². The van der Waals surface area contributed by atoms with Crippen molar-refractivity contribution in [1.82, 2.24) is 40.3 Å². The largest absolute Gasteiger partial charge is 0.261 e. The quantitative estimate of drug-likeness (QED) is 0.505. The van der Waals surface area contributed by atoms with E-state index in [2.05, 4.69) is 40.3 Å². The molecule has 4 aromatic rings. The zero-order valence-corrected chi connectivity index (χ0v) is 8.99. The van der Waals surface area contributed by atoms with Gasteiger partial charge in [0.2, 0.25) is 0 Å². The molecule has 4 rings (SSSR count). The van der Waals surface area contributed by atoms with Gasteiger partial charge in [0, 0.05) is 12.4 Å². The van der Waals surface area contributed by atoms with Crippen LogP contribution in [0.2, 0.25) is 0 Å². The lowest BCUT2D eigenvalue weighted by molar-refractivity contribution is 1.06. The SMILES string of the molecule is c1n[nH]c2nc(-c3ncc4cn[nH]c4n3)ncc12. The minimum absolute atomic E-state index is 0.447. The zero-order valence-electron chi connectivity index (χ0n) is 8.99. The van der Waals surface area contributed by atoms with Crippen molar-refractivity contribution in [2.75, 3.05) is 0 Å². The topological polar surface area (TPSA) is 109 Å². The molecule has 4 heterocycles. The average molecular weight is 238 g/mol. The number of rotatable bonds is 1. The van der Waals surface area contributed by atoms with Crippen LogP contribution in [0.4, 0.5) is 0 Å². The predicted molar refractivity (Wildman–Crippen MR) is 62.4 cm³/mol. The maximum atomic E-state index is 4.31. The third kappa shape index (κ3) is 1.25. The van der Waals surface area contributed by atoms with Crippen LogP contribution in [0.15, 0.2) is 24.8 Å². The lowest BCUT2D eigenvalue weighted by Crippen LogP contribution is -1.95. The monoisotopic (exact) mass is 238 g/mol. The van der Waals surface area contributed by atoms with E-state index < -0.39 is 0 Å². The van der Waals surface area contributed by atoms with Crippen LogP contribution in [0, 0.1) is 0 Å². The highest BCUT2D eigenvalue weighted by atomic mass is 15.2. The molecule has 0 spiro atoms. The number of hydrogen-bond acceptors (Lipinski definition) is 6. The van der Waals surface area contributed by atoms with Crippen LogP contribution in [0.1, 0.15) is 0 Å². The van der Waals surface area contributed by atoms with Crippen LogP contribution in [-0.4, -0.2) is 40.3 Å². The molecule has 0 unspecified atom stereocenters. The van der Waals surface area contributed by atoms with Crippen molar-refractivity contribution in [2.24, 2.45) is 0 Å². The van der Waals surface area contributed by atoms with Gasteiger partial charge in [0.25, 0.3) is 0 Å². The van der Waals surface area contributed by atoms with Gasteiger partial charge < -0.3 is 0 Å². The summed E-state index contributed by atoms with van der Waals surface area (Å²) in [6.07, 6.45) is 6.69. The highest BCUT2D eigenvalue weighted by Crippen LogP contribution is 2.15. The number of fused-ring (bicyclic) bond motifs is 2. The highest BCUT2D eigenvalue weighted by Gasteiger charge is 2.08. The van der Waals surface area contributed by atoms with Gasteiger partial charge in [0.15, 0.2) is 22.9 Å². The summed E-state index contributed by atoms with van der Waals surface area (Å²) in [5.41, 5.74) is 1.32. The van der Waals surface area contributed by atoms with Crippen LogP contribution < -0.4 is 0 Å². The Morgan fingerprint density at radius 3 is 1.67 bits per heavy atom. The Morgan fingerprint density at radius 1 is 0.667 bits per heavy atom. The maximum Gasteiger partial charge on any atom is 0.199 e. The molecule has 0 aliphatic carbocycles. The van der Waals surface area contributed by atoms with Gasteiger partial charge in [-0.2, -0.15) is 10.2 Å². The van der Waals surface area contributed by atoms with Crippen LogP contribution in [-0.2, 0) is 0 Å². The number of aromatic amines is 2. The predicted octanol–water partition coefficient (Wildman–Crippen LogP) is 0.686. The van der Waals surface area contributed by atoms with Crippen molar-refractivity contribution in [3.8, 4) is 11.6 Å². The number of H-pyrrole nitrogens is 2. The smallest absolute Gasteiger partial charge is 0.199 e. The summed E-state index contributed by atoms with van der Waals surface area (Å²) in [5, 5.41) is 15.1. The molecule has 0 atom stereocenters. The van der Waals surface area contributed by atoms with Crippen molar-refractivity contribution in [3.63, 3.8) is 0 Å². The molecule has 0 saturated carbocycles. The maximum absolute atomic E-state index is 4.31. The van der Waals surface area contributed by atoms with E-state index >= 15 is 0 Å². The van der Waals surface area contributed by atoms with Crippen molar-refractivity contribution in [2.45, 2.75) is 0 Å². The number of nitrogens with zero attached hydrogens (tertiary/aromatic N) is 6. The van der Waals surface area contributed by atoms with Crippen molar-refractivity contribution in [1.29, 1.82) is 0 Å². The van der Waals surface area contributed by atoms with E-state index in [9.17, 15) is 0 Å². The van der Waals surface area contributed by atoms with Crippen molar-refractivity contribution in [3.05, 3.63) is 24.8 Å². The molecule has 4 aromatic heterocycles. The van der Waals surface area contributed by atoms with Gasteiger partial charge in [0.05, 0.1) is 23.2 Å². The van der Waals surface area contributed by atoms with Crippen LogP contribution >= 0.6 is 0 Å². The molecule has 8 nitrogen and oxygen atoms in total. The Hall–Kier alpha value is -2.90. The second kappa shape index (κ2) is 3.29. The van der Waals surface area contributed by atoms with Crippen molar-refractivity contribution >= 4 is 22.1 Å². The first-order chi connectivity index (χ1) is 8.90. The fourth-order valence-electron chi connectivity index (χ4n) is 1.69. The van der Waals surface area contributed by atoms with Gasteiger partial charge >= 0.3 is 0 Å². The van der Waals surface area contributed by atoms with Crippen molar-refractivity contribution < 1.29 is 0 Å². The summed E-state index contributed by atoms with van der Waals surface area (Å²) in [6.45, 7) is 0. The lowest BCUT2D eigenvalue weighted by Gasteiger charge is -1.97. The van der Waals surface area contributed by atoms with E-state index in [4.69, 9.17) is 0 Å². The second-order valence-electron chi connectivity index (χ2n) is 3.74. The van der Waals surface area contributed by atoms with E-state index in [-0.39, 0.29) is 0 Å². The van der Waals surface area contributed by atoms with Crippen LogP contribution in [0.3, 0.4) is 0 Å². The van der Waals surface area contributed by atoms with Gasteiger partial charge in [-0.1, -0.05) is 0 Å². The summed E-state index contributed by atoms with van der Waals surface area (Å²) in [6, 6.07) is 0. The Labute approximate surface area is 99.5 Å². The molecular weight excluding hydrogens is 232 g/mol. The minimum Gasteiger partial charge on any atom is -0.261 e. The first-order valence-electron chi connectivity index (χ1n) is 5.23. The summed E-state index contributed by atoms with van der Waals surface area (Å²) >= 11 is 0. The average Bonchev–Trinajstić information content (AvgIpc) is 3.05. The molecule has 2 N–H and O–H groups in total. The Bertz CT molecular complexity index is 773. The fraction of sp³-hybridized carbons (Fsp3) is 0. The number of hydrogen-bond donors (Lipinski definition) is 2. The Balaban J connectivity index is 1.93. The summed E-state index contributed by atoms with van der Waals surface area (Å²) < 4.78 is 0. The first kappa shape index (κ1) is 9.16. The molecule has 18 heavy (non-hydrogen) atoms. The van der Waals surface area contributed by atoms with E-state index in [1.807, 2.05) is 0 Å². The number of aromatic nitrogens is 8. The summed E-state index contributed by atoms with van der Waals surface area (Å²) in [5.74, 6) is 0.895. The third-order valence-corrected chi connectivity index (χ3v) is 2.58. The van der Waals surface area contributed by atoms with Crippen LogP contribution in [0.5, 0.6) is 0 Å². The molecular formula is C10H6N8. The molecule has 0 fully saturated rings. The minimum atomic E-state index is 0.447. The molecule has 0 aliphatic rings. The van der Waals surface area contributed by atoms with Gasteiger partial charge in [-0.25, -0.2) is 19.9 Å². The molecule has 86 valence electrons. The van der Waals surface area contributed by atoms with E-state index in [1.54, 1.807) is 24.8 Å². The molecule has 0 amide bonds. The summed E-state index contributed by atoms with van der Waals surface area (Å²) in [4.78, 5) is 17.0. The molecule has 0 aromatic carbocycles. The molecule has 0 radical (unpaired) electrons. The van der Waals surface area contributed by atoms with Gasteiger partial charge in [-0.3, -0.25) is 10.2 Å². The highest BCUT2D eigenvalue weighted by molar-refractivity contribution is 5.76. The van der Waals surface area contributed by atoms with Gasteiger partial charge in [-0.15, -0.1) is 0 Å². The molecule has 8 heteroatoms. The first-order valence-corrected chi connectivity index (χ1v) is 5.23. The van der Waals surface area contributed by atoms with E-state index in [0.717, 1.165) is 10.8 Å². The zero-order chi connectivity index (χ0) is 11.9. The second-order valence-corrected chi connectivity index (χ2v) is 3.74. The normalized spacial score (nSPS) is 11.3. The van der Waals surface area contributed by atoms with Gasteiger partial charge in [0.1, 0.15) is 0 Å². The molecule has 0 bridgehead atoms. The lowest BCUT2D eigenvalue weighted by atomic mass is 10.4. The number of nitrogens with one attached hydrogen (secondary N) is 2. The van der Waals surface area contributed by atoms with E-state index in [1.165, 1.54) is 0 Å². The van der Waals surface area contributed by atoms with E-state index in [0.29, 0.717) is 22.9 Å². The Kier molecular flexibility index (Phi) is 1.68. The molecule has 0 aliphatic heterocycles.